The Bertz CT molecular complexity index is 992. The average Bonchev–Trinajstić information content (AvgIpc) is 3.23. The predicted octanol–water partition coefficient (Wildman–Crippen LogP) is 1.93. The minimum absolute atomic E-state index is 0.212. The molecule has 0 saturated carbocycles. The Hall–Kier alpha value is -3.62. The summed E-state index contributed by atoms with van der Waals surface area (Å²) in [5.74, 6) is -0.659. The number of anilines is 1. The molecular formula is C15H10FN7O. The van der Waals surface area contributed by atoms with Gasteiger partial charge in [-0.3, -0.25) is 10.1 Å². The van der Waals surface area contributed by atoms with E-state index in [1.165, 1.54) is 29.2 Å². The molecule has 0 saturated heterocycles. The highest BCUT2D eigenvalue weighted by atomic mass is 19.1. The van der Waals surface area contributed by atoms with Crippen molar-refractivity contribution < 1.29 is 9.18 Å². The molecule has 2 N–H and O–H groups in total. The number of aromatic amines is 1. The fourth-order valence-corrected chi connectivity index (χ4v) is 2.34. The smallest absolute Gasteiger partial charge is 0.260 e. The fourth-order valence-electron chi connectivity index (χ4n) is 2.34. The molecule has 0 radical (unpaired) electrons. The summed E-state index contributed by atoms with van der Waals surface area (Å²) < 4.78 is 14.8. The number of carbonyl (C=O) groups excluding carboxylic acids is 1. The number of H-pyrrole nitrogens is 1. The van der Waals surface area contributed by atoms with E-state index >= 15 is 0 Å². The van der Waals surface area contributed by atoms with Gasteiger partial charge in [0.2, 0.25) is 5.95 Å². The molecule has 1 amide bonds. The number of rotatable bonds is 3. The quantitative estimate of drug-likeness (QED) is 0.600. The van der Waals surface area contributed by atoms with E-state index in [0.717, 1.165) is 11.0 Å². The van der Waals surface area contributed by atoms with Crippen molar-refractivity contribution in [3.8, 4) is 5.69 Å². The van der Waals surface area contributed by atoms with Gasteiger partial charge in [0.15, 0.2) is 0 Å². The van der Waals surface area contributed by atoms with E-state index in [-0.39, 0.29) is 11.3 Å². The number of halogens is 1. The first kappa shape index (κ1) is 14.0. The van der Waals surface area contributed by atoms with Gasteiger partial charge in [-0.1, -0.05) is 12.1 Å². The zero-order chi connectivity index (χ0) is 16.5. The molecule has 0 aliphatic carbocycles. The van der Waals surface area contributed by atoms with Crippen LogP contribution in [0.5, 0.6) is 0 Å². The maximum Gasteiger partial charge on any atom is 0.260 e. The van der Waals surface area contributed by atoms with E-state index in [1.54, 1.807) is 0 Å². The van der Waals surface area contributed by atoms with Crippen molar-refractivity contribution in [3.05, 3.63) is 60.2 Å². The summed E-state index contributed by atoms with van der Waals surface area (Å²) in [6.07, 6.45) is 1.28. The number of imidazole rings is 1. The minimum atomic E-state index is -0.499. The molecule has 24 heavy (non-hydrogen) atoms. The first-order chi connectivity index (χ1) is 11.7. The van der Waals surface area contributed by atoms with Gasteiger partial charge in [0.05, 0.1) is 22.3 Å². The van der Waals surface area contributed by atoms with Crippen LogP contribution in [0, 0.1) is 5.82 Å². The molecule has 8 nitrogen and oxygen atoms in total. The molecule has 2 aromatic heterocycles. The lowest BCUT2D eigenvalue weighted by Crippen LogP contribution is -2.16. The number of aromatic nitrogens is 6. The zero-order valence-electron chi connectivity index (χ0n) is 12.1. The normalized spacial score (nSPS) is 10.9. The summed E-state index contributed by atoms with van der Waals surface area (Å²) in [5, 5.41) is 13.4. The van der Waals surface area contributed by atoms with Gasteiger partial charge in [-0.2, -0.15) is 4.68 Å². The number of nitrogens with one attached hydrogen (secondary N) is 2. The van der Waals surface area contributed by atoms with Crippen molar-refractivity contribution in [3.63, 3.8) is 0 Å². The number of para-hydroxylation sites is 2. The Kier molecular flexibility index (Phi) is 3.23. The van der Waals surface area contributed by atoms with Crippen LogP contribution < -0.4 is 5.32 Å². The second kappa shape index (κ2) is 5.54. The molecule has 2 heterocycles. The third-order valence-corrected chi connectivity index (χ3v) is 3.42. The van der Waals surface area contributed by atoms with Crippen molar-refractivity contribution in [2.75, 3.05) is 5.32 Å². The van der Waals surface area contributed by atoms with Gasteiger partial charge in [0.1, 0.15) is 12.1 Å². The van der Waals surface area contributed by atoms with Gasteiger partial charge >= 0.3 is 0 Å². The monoisotopic (exact) mass is 323 g/mol. The molecule has 118 valence electrons. The van der Waals surface area contributed by atoms with E-state index in [4.69, 9.17) is 0 Å². The fraction of sp³-hybridized carbons (Fsp3) is 0. The summed E-state index contributed by atoms with van der Waals surface area (Å²) in [6.45, 7) is 0. The van der Waals surface area contributed by atoms with Crippen molar-refractivity contribution >= 4 is 22.9 Å². The van der Waals surface area contributed by atoms with Crippen molar-refractivity contribution in [1.82, 2.24) is 30.2 Å². The lowest BCUT2D eigenvalue weighted by atomic mass is 10.1. The van der Waals surface area contributed by atoms with E-state index < -0.39 is 11.7 Å². The first-order valence-electron chi connectivity index (χ1n) is 7.00. The van der Waals surface area contributed by atoms with Crippen LogP contribution in [0.2, 0.25) is 0 Å². The maximum absolute atomic E-state index is 13.5. The van der Waals surface area contributed by atoms with E-state index in [9.17, 15) is 9.18 Å². The minimum Gasteiger partial charge on any atom is -0.324 e. The number of amides is 1. The van der Waals surface area contributed by atoms with Gasteiger partial charge in [0.25, 0.3) is 5.91 Å². The van der Waals surface area contributed by atoms with Crippen molar-refractivity contribution in [2.24, 2.45) is 0 Å². The van der Waals surface area contributed by atoms with Crippen LogP contribution in [0.4, 0.5) is 10.3 Å². The number of hydrogen-bond donors (Lipinski definition) is 2. The van der Waals surface area contributed by atoms with Crippen LogP contribution in [-0.2, 0) is 0 Å². The van der Waals surface area contributed by atoms with Gasteiger partial charge in [-0.05, 0) is 34.7 Å². The molecule has 0 spiro atoms. The van der Waals surface area contributed by atoms with Crippen molar-refractivity contribution in [1.29, 1.82) is 0 Å². The molecule has 0 bridgehead atoms. The third-order valence-electron chi connectivity index (χ3n) is 3.42. The first-order valence-corrected chi connectivity index (χ1v) is 7.00. The molecular weight excluding hydrogens is 313 g/mol. The highest BCUT2D eigenvalue weighted by molar-refractivity contribution is 6.06. The Balaban J connectivity index is 1.69. The molecule has 0 aliphatic rings. The van der Waals surface area contributed by atoms with E-state index in [2.05, 4.69) is 30.8 Å². The molecule has 0 atom stereocenters. The largest absolute Gasteiger partial charge is 0.324 e. The van der Waals surface area contributed by atoms with Gasteiger partial charge in [0, 0.05) is 6.07 Å². The van der Waals surface area contributed by atoms with Crippen molar-refractivity contribution in [2.45, 2.75) is 0 Å². The maximum atomic E-state index is 13.5. The van der Waals surface area contributed by atoms with Gasteiger partial charge in [-0.15, -0.1) is 5.10 Å². The summed E-state index contributed by atoms with van der Waals surface area (Å²) in [6, 6.07) is 11.1. The van der Waals surface area contributed by atoms with E-state index in [0.29, 0.717) is 5.95 Å². The Morgan fingerprint density at radius 1 is 1.21 bits per heavy atom. The van der Waals surface area contributed by atoms with Crippen LogP contribution in [-0.4, -0.2) is 36.1 Å². The number of tetrazole rings is 1. The second-order valence-corrected chi connectivity index (χ2v) is 4.97. The average molecular weight is 323 g/mol. The van der Waals surface area contributed by atoms with Crippen LogP contribution in [0.3, 0.4) is 0 Å². The topological polar surface area (TPSA) is 101 Å². The Morgan fingerprint density at radius 3 is 2.88 bits per heavy atom. The lowest BCUT2D eigenvalue weighted by molar-refractivity contribution is 0.102. The standard InChI is InChI=1S/C15H10FN7O/c16-9-5-6-10(13(7-9)23-8-17-21-22-23)14(24)20-15-18-11-3-1-2-4-12(11)19-15/h1-8H,(H2,18,19,20,24). The van der Waals surface area contributed by atoms with Crippen LogP contribution in [0.15, 0.2) is 48.8 Å². The van der Waals surface area contributed by atoms with Crippen LogP contribution in [0.1, 0.15) is 10.4 Å². The summed E-state index contributed by atoms with van der Waals surface area (Å²) in [5.41, 5.74) is 1.97. The molecule has 0 unspecified atom stereocenters. The molecule has 2 aromatic carbocycles. The van der Waals surface area contributed by atoms with Crippen LogP contribution in [0.25, 0.3) is 16.7 Å². The molecule has 0 aliphatic heterocycles. The number of nitrogens with zero attached hydrogens (tertiary/aromatic N) is 5. The highest BCUT2D eigenvalue weighted by Crippen LogP contribution is 2.18. The van der Waals surface area contributed by atoms with Gasteiger partial charge in [-0.25, -0.2) is 9.37 Å². The summed E-state index contributed by atoms with van der Waals surface area (Å²) >= 11 is 0. The summed E-state index contributed by atoms with van der Waals surface area (Å²) in [4.78, 5) is 19.8. The number of hydrogen-bond acceptors (Lipinski definition) is 5. The predicted molar refractivity (Wildman–Crippen MR) is 83.2 cm³/mol. The number of fused-ring (bicyclic) bond motifs is 1. The molecule has 4 rings (SSSR count). The number of benzene rings is 2. The molecule has 4 aromatic rings. The molecule has 9 heteroatoms. The van der Waals surface area contributed by atoms with Crippen LogP contribution >= 0.6 is 0 Å². The second-order valence-electron chi connectivity index (χ2n) is 4.97. The lowest BCUT2D eigenvalue weighted by Gasteiger charge is -2.08. The SMILES string of the molecule is O=C(Nc1nc2ccccc2[nH]1)c1ccc(F)cc1-n1cnnn1. The zero-order valence-corrected chi connectivity index (χ0v) is 12.1. The summed E-state index contributed by atoms with van der Waals surface area (Å²) in [7, 11) is 0. The van der Waals surface area contributed by atoms with E-state index in [1.807, 2.05) is 24.3 Å². The number of carbonyl (C=O) groups is 1. The Labute approximate surface area is 134 Å². The van der Waals surface area contributed by atoms with Gasteiger partial charge < -0.3 is 4.98 Å². The highest BCUT2D eigenvalue weighted by Gasteiger charge is 2.16. The Morgan fingerprint density at radius 2 is 2.08 bits per heavy atom. The third kappa shape index (κ3) is 2.47. The molecule has 0 fully saturated rings.